The van der Waals surface area contributed by atoms with Gasteiger partial charge >= 0.3 is 12.1 Å². The van der Waals surface area contributed by atoms with Crippen molar-refractivity contribution in [3.05, 3.63) is 120 Å². The van der Waals surface area contributed by atoms with E-state index in [1.54, 1.807) is 6.92 Å². The monoisotopic (exact) mass is 551 g/mol. The number of aromatic nitrogens is 1. The van der Waals surface area contributed by atoms with Crippen molar-refractivity contribution in [3.8, 4) is 11.1 Å². The van der Waals surface area contributed by atoms with Gasteiger partial charge in [0, 0.05) is 5.92 Å². The molecule has 9 nitrogen and oxygen atoms in total. The number of carboxylic acids is 1. The number of hydrogen-bond donors (Lipinski definition) is 3. The van der Waals surface area contributed by atoms with Gasteiger partial charge < -0.3 is 19.9 Å². The third-order valence-electron chi connectivity index (χ3n) is 6.96. The molecule has 0 fully saturated rings. The zero-order valence-electron chi connectivity index (χ0n) is 22.3. The van der Waals surface area contributed by atoms with Crippen molar-refractivity contribution in [3.63, 3.8) is 0 Å². The number of pyridine rings is 1. The number of anilines is 1. The van der Waals surface area contributed by atoms with Crippen molar-refractivity contribution < 1.29 is 29.0 Å². The fourth-order valence-corrected chi connectivity index (χ4v) is 4.85. The van der Waals surface area contributed by atoms with E-state index in [2.05, 4.69) is 27.8 Å². The lowest BCUT2D eigenvalue weighted by atomic mass is 9.98. The highest BCUT2D eigenvalue weighted by Gasteiger charge is 2.30. The van der Waals surface area contributed by atoms with Crippen LogP contribution in [0.3, 0.4) is 0 Å². The predicted octanol–water partition coefficient (Wildman–Crippen LogP) is 5.23. The van der Waals surface area contributed by atoms with E-state index in [9.17, 15) is 19.5 Å². The molecular formula is C32H29N3O6. The first kappa shape index (κ1) is 27.5. The molecule has 3 N–H and O–H groups in total. The number of nitrogens with zero attached hydrogens (tertiary/aromatic N) is 1. The second kappa shape index (κ2) is 12.4. The van der Waals surface area contributed by atoms with Crippen molar-refractivity contribution in [2.75, 3.05) is 11.9 Å². The minimum Gasteiger partial charge on any atom is -0.480 e. The van der Waals surface area contributed by atoms with Crippen LogP contribution in [0.5, 0.6) is 0 Å². The average Bonchev–Trinajstić information content (AvgIpc) is 3.32. The largest absolute Gasteiger partial charge is 0.480 e. The fraction of sp³-hybridized carbons (Fsp3) is 0.188. The van der Waals surface area contributed by atoms with E-state index in [4.69, 9.17) is 9.47 Å². The Morgan fingerprint density at radius 1 is 0.878 bits per heavy atom. The summed E-state index contributed by atoms with van der Waals surface area (Å²) >= 11 is 0. The molecule has 0 spiro atoms. The van der Waals surface area contributed by atoms with E-state index in [0.29, 0.717) is 5.69 Å². The standard InChI is InChI=1S/C32H29N3O6/c1-20(40-18-21-9-3-2-4-10-21)29(31(37)38)35-30(36)28-16-15-22(17-33-28)34-32(39)41-19-27-25-13-7-5-11-23(25)24-12-6-8-14-26(24)27/h2-17,20,27,29H,18-19H2,1H3,(H,34,39)(H,35,36)(H,37,38)/t20-,29+/m1/s1. The summed E-state index contributed by atoms with van der Waals surface area (Å²) in [6, 6.07) is 27.1. The first-order chi connectivity index (χ1) is 19.9. The second-order valence-corrected chi connectivity index (χ2v) is 9.67. The molecule has 9 heteroatoms. The second-order valence-electron chi connectivity index (χ2n) is 9.67. The summed E-state index contributed by atoms with van der Waals surface area (Å²) in [7, 11) is 0. The number of amides is 2. The molecule has 1 aromatic heterocycles. The number of hydrogen-bond acceptors (Lipinski definition) is 6. The highest BCUT2D eigenvalue weighted by atomic mass is 16.5. The van der Waals surface area contributed by atoms with Gasteiger partial charge in [0.25, 0.3) is 5.91 Å². The lowest BCUT2D eigenvalue weighted by Crippen LogP contribution is -2.48. The van der Waals surface area contributed by atoms with Gasteiger partial charge in [-0.25, -0.2) is 14.6 Å². The summed E-state index contributed by atoms with van der Waals surface area (Å²) in [5.74, 6) is -1.98. The average molecular weight is 552 g/mol. The molecule has 208 valence electrons. The van der Waals surface area contributed by atoms with Crippen LogP contribution in [-0.2, 0) is 20.9 Å². The van der Waals surface area contributed by atoms with Crippen molar-refractivity contribution in [1.29, 1.82) is 0 Å². The van der Waals surface area contributed by atoms with Crippen molar-refractivity contribution in [2.45, 2.75) is 31.6 Å². The molecule has 0 saturated carbocycles. The molecule has 1 heterocycles. The molecular weight excluding hydrogens is 522 g/mol. The molecule has 41 heavy (non-hydrogen) atoms. The molecule has 2 atom stereocenters. The third kappa shape index (κ3) is 6.42. The van der Waals surface area contributed by atoms with Crippen LogP contribution in [0.4, 0.5) is 10.5 Å². The molecule has 0 radical (unpaired) electrons. The lowest BCUT2D eigenvalue weighted by Gasteiger charge is -2.22. The van der Waals surface area contributed by atoms with E-state index in [-0.39, 0.29) is 24.8 Å². The number of carbonyl (C=O) groups is 3. The minimum atomic E-state index is -1.29. The van der Waals surface area contributed by atoms with Gasteiger partial charge in [0.2, 0.25) is 0 Å². The van der Waals surface area contributed by atoms with E-state index in [1.807, 2.05) is 66.7 Å². The normalized spacial score (nSPS) is 13.4. The van der Waals surface area contributed by atoms with Gasteiger partial charge in [0.05, 0.1) is 24.6 Å². The Morgan fingerprint density at radius 2 is 1.51 bits per heavy atom. The van der Waals surface area contributed by atoms with Gasteiger partial charge in [-0.3, -0.25) is 10.1 Å². The molecule has 0 aliphatic heterocycles. The first-order valence-corrected chi connectivity index (χ1v) is 13.2. The lowest BCUT2D eigenvalue weighted by molar-refractivity contribution is -0.143. The summed E-state index contributed by atoms with van der Waals surface area (Å²) in [5.41, 5.74) is 5.69. The number of benzene rings is 3. The maximum atomic E-state index is 12.7. The van der Waals surface area contributed by atoms with Gasteiger partial charge in [0.15, 0.2) is 6.04 Å². The van der Waals surface area contributed by atoms with Gasteiger partial charge in [-0.15, -0.1) is 0 Å². The van der Waals surface area contributed by atoms with Crippen LogP contribution in [0, 0.1) is 0 Å². The minimum absolute atomic E-state index is 0.00963. The number of nitrogens with one attached hydrogen (secondary N) is 2. The maximum Gasteiger partial charge on any atom is 0.411 e. The van der Waals surface area contributed by atoms with Crippen molar-refractivity contribution in [2.24, 2.45) is 0 Å². The summed E-state index contributed by atoms with van der Waals surface area (Å²) < 4.78 is 11.2. The molecule has 1 aliphatic rings. The number of aliphatic carboxylic acids is 1. The maximum absolute atomic E-state index is 12.7. The third-order valence-corrected chi connectivity index (χ3v) is 6.96. The highest BCUT2D eigenvalue weighted by Crippen LogP contribution is 2.44. The Hall–Kier alpha value is -5.02. The van der Waals surface area contributed by atoms with Crippen LogP contribution in [-0.4, -0.2) is 46.8 Å². The Morgan fingerprint density at radius 3 is 2.12 bits per heavy atom. The fourth-order valence-electron chi connectivity index (χ4n) is 4.85. The van der Waals surface area contributed by atoms with Gasteiger partial charge in [-0.05, 0) is 46.9 Å². The van der Waals surface area contributed by atoms with Crippen LogP contribution in [0.2, 0.25) is 0 Å². The Balaban J connectivity index is 1.15. The van der Waals surface area contributed by atoms with E-state index in [0.717, 1.165) is 27.8 Å². The Kier molecular flexibility index (Phi) is 8.36. The molecule has 1 aliphatic carbocycles. The van der Waals surface area contributed by atoms with Gasteiger partial charge in [-0.2, -0.15) is 0 Å². The zero-order chi connectivity index (χ0) is 28.8. The number of rotatable bonds is 10. The van der Waals surface area contributed by atoms with Crippen LogP contribution in [0.1, 0.15) is 40.0 Å². The number of carbonyl (C=O) groups excluding carboxylic acids is 2. The number of ether oxygens (including phenoxy) is 2. The van der Waals surface area contributed by atoms with Crippen LogP contribution in [0.25, 0.3) is 11.1 Å². The van der Waals surface area contributed by atoms with Crippen molar-refractivity contribution in [1.82, 2.24) is 10.3 Å². The van der Waals surface area contributed by atoms with Gasteiger partial charge in [0.1, 0.15) is 12.3 Å². The van der Waals surface area contributed by atoms with Gasteiger partial charge in [-0.1, -0.05) is 78.9 Å². The quantitative estimate of drug-likeness (QED) is 0.246. The SMILES string of the molecule is C[C@@H](OCc1ccccc1)[C@H](NC(=O)c1ccc(NC(=O)OCC2c3ccccc3-c3ccccc32)cn1)C(=O)O. The molecule has 2 amide bonds. The predicted molar refractivity (Wildman–Crippen MR) is 153 cm³/mol. The highest BCUT2D eigenvalue weighted by molar-refractivity contribution is 5.95. The van der Waals surface area contributed by atoms with Crippen LogP contribution < -0.4 is 10.6 Å². The zero-order valence-corrected chi connectivity index (χ0v) is 22.3. The van der Waals surface area contributed by atoms with Crippen molar-refractivity contribution >= 4 is 23.7 Å². The van der Waals surface area contributed by atoms with E-state index >= 15 is 0 Å². The topological polar surface area (TPSA) is 127 Å². The smallest absolute Gasteiger partial charge is 0.411 e. The number of carboxylic acid groups (broad SMARTS) is 1. The summed E-state index contributed by atoms with van der Waals surface area (Å²) in [5, 5.41) is 14.7. The molecule has 0 unspecified atom stereocenters. The van der Waals surface area contributed by atoms with Crippen LogP contribution >= 0.6 is 0 Å². The summed E-state index contributed by atoms with van der Waals surface area (Å²) in [4.78, 5) is 41.2. The Labute approximate surface area is 237 Å². The summed E-state index contributed by atoms with van der Waals surface area (Å²) in [6.07, 6.45) is -0.145. The first-order valence-electron chi connectivity index (χ1n) is 13.2. The molecule has 0 bridgehead atoms. The van der Waals surface area contributed by atoms with Crippen LogP contribution in [0.15, 0.2) is 97.2 Å². The number of fused-ring (bicyclic) bond motifs is 3. The van der Waals surface area contributed by atoms with E-state index < -0.39 is 30.1 Å². The molecule has 5 rings (SSSR count). The molecule has 3 aromatic carbocycles. The molecule has 0 saturated heterocycles. The summed E-state index contributed by atoms with van der Waals surface area (Å²) in [6.45, 7) is 1.95. The molecule has 4 aromatic rings. The van der Waals surface area contributed by atoms with E-state index in [1.165, 1.54) is 18.3 Å². The Bertz CT molecular complexity index is 1500.